The Hall–Kier alpha value is -1.95. The van der Waals surface area contributed by atoms with Crippen LogP contribution in [0.3, 0.4) is 0 Å². The molecule has 1 heterocycles. The molecule has 28 heavy (non-hydrogen) atoms. The number of imide groups is 1. The third-order valence-corrected chi connectivity index (χ3v) is 8.40. The Morgan fingerprint density at radius 2 is 1.57 bits per heavy atom. The predicted octanol–water partition coefficient (Wildman–Crippen LogP) is 3.43. The summed E-state index contributed by atoms with van der Waals surface area (Å²) >= 11 is 3.55. The van der Waals surface area contributed by atoms with Gasteiger partial charge in [0.05, 0.1) is 11.8 Å². The number of likely N-dealkylation sites (tertiary alicyclic amines) is 1. The largest absolute Gasteiger partial charge is 0.294 e. The van der Waals surface area contributed by atoms with Crippen LogP contribution < -0.4 is 4.90 Å². The first-order chi connectivity index (χ1) is 13.3. The molecule has 1 saturated heterocycles. The number of hydrogen-bond donors (Lipinski definition) is 0. The number of nitrogens with zero attached hydrogens (tertiary/aromatic N) is 2. The number of carbonyl (C=O) groups excluding carboxylic acids is 3. The molecule has 1 aliphatic heterocycles. The fraction of sp³-hybridized carbons (Fsp3) is 0.500. The number of allylic oxidation sites excluding steroid dienone is 2. The molecule has 6 unspecified atom stereocenters. The minimum atomic E-state index is -0.228. The molecule has 5 nitrogen and oxygen atoms in total. The van der Waals surface area contributed by atoms with Crippen molar-refractivity contribution in [1.29, 1.82) is 0 Å². The lowest BCUT2D eigenvalue weighted by atomic mass is 9.63. The maximum absolute atomic E-state index is 13.2. The monoisotopic (exact) mass is 442 g/mol. The zero-order valence-electron chi connectivity index (χ0n) is 16.2. The Morgan fingerprint density at radius 1 is 1.07 bits per heavy atom. The van der Waals surface area contributed by atoms with Crippen molar-refractivity contribution in [3.8, 4) is 0 Å². The minimum Gasteiger partial charge on any atom is -0.294 e. The highest BCUT2D eigenvalue weighted by Crippen LogP contribution is 2.65. The number of benzene rings is 1. The van der Waals surface area contributed by atoms with Gasteiger partial charge >= 0.3 is 0 Å². The molecule has 3 amide bonds. The molecule has 0 spiro atoms. The van der Waals surface area contributed by atoms with Crippen LogP contribution in [0.4, 0.5) is 5.69 Å². The molecule has 0 aromatic heterocycles. The van der Waals surface area contributed by atoms with Gasteiger partial charge < -0.3 is 0 Å². The summed E-state index contributed by atoms with van der Waals surface area (Å²) in [5.41, 5.74) is 2.73. The highest BCUT2D eigenvalue weighted by atomic mass is 79.9. The van der Waals surface area contributed by atoms with E-state index in [1.165, 1.54) is 16.7 Å². The van der Waals surface area contributed by atoms with E-state index in [9.17, 15) is 14.4 Å². The van der Waals surface area contributed by atoms with Crippen LogP contribution in [-0.4, -0.2) is 29.3 Å². The third-order valence-electron chi connectivity index (χ3n) is 7.15. The third kappa shape index (κ3) is 2.39. The van der Waals surface area contributed by atoms with Crippen molar-refractivity contribution in [1.82, 2.24) is 4.90 Å². The van der Waals surface area contributed by atoms with Gasteiger partial charge in [-0.15, -0.1) is 0 Å². The molecular formula is C22H23BrN2O3. The van der Waals surface area contributed by atoms with E-state index < -0.39 is 0 Å². The molecule has 1 aromatic rings. The van der Waals surface area contributed by atoms with Crippen molar-refractivity contribution in [3.63, 3.8) is 0 Å². The van der Waals surface area contributed by atoms with Crippen LogP contribution in [0.1, 0.15) is 24.5 Å². The van der Waals surface area contributed by atoms with Crippen LogP contribution in [0.2, 0.25) is 0 Å². The van der Waals surface area contributed by atoms with E-state index in [0.717, 1.165) is 22.0 Å². The highest BCUT2D eigenvalue weighted by Gasteiger charge is 2.67. The molecule has 5 aliphatic rings. The molecule has 146 valence electrons. The van der Waals surface area contributed by atoms with Crippen molar-refractivity contribution in [2.75, 3.05) is 11.6 Å². The molecule has 0 radical (unpaired) electrons. The van der Waals surface area contributed by atoms with E-state index >= 15 is 0 Å². The average molecular weight is 443 g/mol. The summed E-state index contributed by atoms with van der Waals surface area (Å²) in [5, 5.41) is 0. The van der Waals surface area contributed by atoms with E-state index in [4.69, 9.17) is 0 Å². The summed E-state index contributed by atoms with van der Waals surface area (Å²) in [4.78, 5) is 41.7. The first-order valence-corrected chi connectivity index (χ1v) is 10.7. The molecule has 2 saturated carbocycles. The number of amides is 3. The first-order valence-electron chi connectivity index (χ1n) is 9.88. The van der Waals surface area contributed by atoms with Crippen molar-refractivity contribution < 1.29 is 14.4 Å². The second kappa shape index (κ2) is 6.02. The second-order valence-corrected chi connectivity index (χ2v) is 9.53. The van der Waals surface area contributed by atoms with Gasteiger partial charge in [-0.2, -0.15) is 0 Å². The zero-order valence-corrected chi connectivity index (χ0v) is 17.8. The molecule has 6 heteroatoms. The number of carbonyl (C=O) groups is 3. The van der Waals surface area contributed by atoms with Crippen LogP contribution in [0.15, 0.2) is 28.8 Å². The fourth-order valence-corrected chi connectivity index (χ4v) is 5.97. The average Bonchev–Trinajstić information content (AvgIpc) is 3.43. The summed E-state index contributed by atoms with van der Waals surface area (Å²) in [7, 11) is 0. The molecule has 0 N–H and O–H groups in total. The fourth-order valence-electron chi connectivity index (χ4n) is 5.74. The lowest BCUT2D eigenvalue weighted by Crippen LogP contribution is -2.44. The van der Waals surface area contributed by atoms with Gasteiger partial charge in [0.15, 0.2) is 0 Å². The zero-order chi connectivity index (χ0) is 19.9. The Labute approximate surface area is 172 Å². The van der Waals surface area contributed by atoms with Gasteiger partial charge in [-0.25, -0.2) is 0 Å². The van der Waals surface area contributed by atoms with Crippen molar-refractivity contribution >= 4 is 39.3 Å². The van der Waals surface area contributed by atoms with Crippen LogP contribution in [0.5, 0.6) is 0 Å². The Kier molecular flexibility index (Phi) is 3.89. The van der Waals surface area contributed by atoms with Crippen LogP contribution >= 0.6 is 15.9 Å². The van der Waals surface area contributed by atoms with Crippen LogP contribution in [-0.2, 0) is 14.4 Å². The molecule has 4 aliphatic carbocycles. The van der Waals surface area contributed by atoms with E-state index in [-0.39, 0.29) is 48.1 Å². The van der Waals surface area contributed by atoms with E-state index in [0.29, 0.717) is 17.5 Å². The van der Waals surface area contributed by atoms with Crippen LogP contribution in [0.25, 0.3) is 0 Å². The topological polar surface area (TPSA) is 57.7 Å². The normalized spacial score (nSPS) is 34.5. The SMILES string of the molecule is CC(=O)N(CN1C(=O)C2C3C=CC(C4CC34)C2C1=O)c1cc(C)c(Br)c(C)c1. The predicted molar refractivity (Wildman–Crippen MR) is 108 cm³/mol. The Balaban J connectivity index is 1.46. The molecule has 1 aromatic carbocycles. The number of anilines is 1. The first kappa shape index (κ1) is 18.1. The second-order valence-electron chi connectivity index (χ2n) is 8.74. The van der Waals surface area contributed by atoms with E-state index in [1.54, 1.807) is 0 Å². The molecule has 3 fully saturated rings. The van der Waals surface area contributed by atoms with E-state index in [1.807, 2.05) is 26.0 Å². The number of rotatable bonds is 3. The highest BCUT2D eigenvalue weighted by molar-refractivity contribution is 9.10. The molecule has 6 rings (SSSR count). The summed E-state index contributed by atoms with van der Waals surface area (Å²) in [6, 6.07) is 3.83. The molecular weight excluding hydrogens is 420 g/mol. The minimum absolute atomic E-state index is 0.00468. The maximum atomic E-state index is 13.2. The lowest BCUT2D eigenvalue weighted by molar-refractivity contribution is -0.140. The van der Waals surface area contributed by atoms with Gasteiger partial charge in [-0.3, -0.25) is 24.2 Å². The quantitative estimate of drug-likeness (QED) is 0.532. The Bertz CT molecular complexity index is 896. The summed E-state index contributed by atoms with van der Waals surface area (Å²) in [5.74, 6) is 0.714. The van der Waals surface area contributed by atoms with Crippen molar-refractivity contribution in [2.24, 2.45) is 35.5 Å². The summed E-state index contributed by atoms with van der Waals surface area (Å²) in [6.45, 7) is 5.41. The summed E-state index contributed by atoms with van der Waals surface area (Å²) in [6.07, 6.45) is 5.48. The standard InChI is InChI=1S/C22H23BrN2O3/c1-10-6-13(7-11(2)20(10)23)24(12(3)26)9-25-21(27)18-14-4-5-15(17-8-16(14)17)19(18)22(25)28/h4-7,14-19H,8-9H2,1-3H3. The van der Waals surface area contributed by atoms with Gasteiger partial charge in [0, 0.05) is 17.1 Å². The van der Waals surface area contributed by atoms with Crippen LogP contribution in [0, 0.1) is 49.4 Å². The van der Waals surface area contributed by atoms with Gasteiger partial charge in [0.1, 0.15) is 6.67 Å². The van der Waals surface area contributed by atoms with Gasteiger partial charge in [0.25, 0.3) is 0 Å². The van der Waals surface area contributed by atoms with Gasteiger partial charge in [0.2, 0.25) is 17.7 Å². The number of aryl methyl sites for hydroxylation is 2. The maximum Gasteiger partial charge on any atom is 0.235 e. The van der Waals surface area contributed by atoms with Crippen molar-refractivity contribution in [3.05, 3.63) is 39.9 Å². The Morgan fingerprint density at radius 3 is 2.04 bits per heavy atom. The molecule has 6 atom stereocenters. The lowest BCUT2D eigenvalue weighted by Gasteiger charge is -2.37. The van der Waals surface area contributed by atoms with E-state index in [2.05, 4.69) is 28.1 Å². The van der Waals surface area contributed by atoms with Crippen molar-refractivity contribution in [2.45, 2.75) is 27.2 Å². The number of hydrogen-bond acceptors (Lipinski definition) is 3. The number of halogens is 1. The van der Waals surface area contributed by atoms with Gasteiger partial charge in [-0.1, -0.05) is 28.1 Å². The van der Waals surface area contributed by atoms with Gasteiger partial charge in [-0.05, 0) is 67.2 Å². The summed E-state index contributed by atoms with van der Waals surface area (Å²) < 4.78 is 1.00. The molecule has 2 bridgehead atoms. The smallest absolute Gasteiger partial charge is 0.235 e.